The maximum atomic E-state index is 11.1. The van der Waals surface area contributed by atoms with E-state index in [0.29, 0.717) is 0 Å². The van der Waals surface area contributed by atoms with Gasteiger partial charge in [-0.1, -0.05) is 0 Å². The van der Waals surface area contributed by atoms with Crippen LogP contribution >= 0.6 is 7.82 Å². The topological polar surface area (TPSA) is 125 Å². The minimum Gasteiger partial charge on any atom is -0.394 e. The first-order valence-corrected chi connectivity index (χ1v) is 6.02. The SMILES string of the molecule is CC(=O)NCCOP(=O)(O)OCC(O)CO. The van der Waals surface area contributed by atoms with Gasteiger partial charge in [-0.25, -0.2) is 4.57 Å². The molecule has 0 saturated carbocycles. The molecule has 0 rings (SSSR count). The van der Waals surface area contributed by atoms with Gasteiger partial charge in [-0.05, 0) is 0 Å². The maximum absolute atomic E-state index is 11.1. The Kier molecular flexibility index (Phi) is 7.48. The molecule has 2 atom stereocenters. The standard InChI is InChI=1S/C7H16NO7P/c1-6(10)8-2-3-14-16(12,13)15-5-7(11)4-9/h7,9,11H,2-5H2,1H3,(H,8,10)(H,12,13). The summed E-state index contributed by atoms with van der Waals surface area (Å²) >= 11 is 0. The van der Waals surface area contributed by atoms with Gasteiger partial charge in [0.2, 0.25) is 5.91 Å². The molecule has 0 aliphatic rings. The largest absolute Gasteiger partial charge is 0.472 e. The highest BCUT2D eigenvalue weighted by atomic mass is 31.2. The Hall–Kier alpha value is -0.500. The molecule has 0 bridgehead atoms. The van der Waals surface area contributed by atoms with Crippen molar-refractivity contribution in [2.24, 2.45) is 0 Å². The molecule has 8 nitrogen and oxygen atoms in total. The van der Waals surface area contributed by atoms with Gasteiger partial charge in [0, 0.05) is 13.5 Å². The van der Waals surface area contributed by atoms with Gasteiger partial charge < -0.3 is 20.4 Å². The van der Waals surface area contributed by atoms with Gasteiger partial charge in [-0.3, -0.25) is 13.8 Å². The molecule has 1 amide bonds. The molecule has 16 heavy (non-hydrogen) atoms. The summed E-state index contributed by atoms with van der Waals surface area (Å²) in [5.74, 6) is -0.284. The van der Waals surface area contributed by atoms with E-state index in [-0.39, 0.29) is 19.1 Å². The summed E-state index contributed by atoms with van der Waals surface area (Å²) in [6.45, 7) is 0.0946. The van der Waals surface area contributed by atoms with Crippen molar-refractivity contribution in [2.45, 2.75) is 13.0 Å². The predicted octanol–water partition coefficient (Wildman–Crippen LogP) is -1.39. The fraction of sp³-hybridized carbons (Fsp3) is 0.857. The number of amides is 1. The van der Waals surface area contributed by atoms with Gasteiger partial charge in [-0.15, -0.1) is 0 Å². The van der Waals surface area contributed by atoms with Crippen molar-refractivity contribution in [3.63, 3.8) is 0 Å². The van der Waals surface area contributed by atoms with Gasteiger partial charge in [0.05, 0.1) is 19.8 Å². The molecule has 0 aromatic heterocycles. The van der Waals surface area contributed by atoms with E-state index >= 15 is 0 Å². The van der Waals surface area contributed by atoms with E-state index in [9.17, 15) is 9.36 Å². The van der Waals surface area contributed by atoms with Crippen LogP contribution in [0.1, 0.15) is 6.92 Å². The molecule has 0 aliphatic heterocycles. The Balaban J connectivity index is 3.70. The molecule has 2 unspecified atom stereocenters. The van der Waals surface area contributed by atoms with E-state index in [1.165, 1.54) is 6.92 Å². The molecular formula is C7H16NO7P. The Morgan fingerprint density at radius 2 is 2.12 bits per heavy atom. The first kappa shape index (κ1) is 15.5. The third-order valence-electron chi connectivity index (χ3n) is 1.37. The lowest BCUT2D eigenvalue weighted by molar-refractivity contribution is -0.119. The van der Waals surface area contributed by atoms with E-state index in [2.05, 4.69) is 14.4 Å². The van der Waals surface area contributed by atoms with Crippen molar-refractivity contribution < 1.29 is 33.5 Å². The monoisotopic (exact) mass is 257 g/mol. The smallest absolute Gasteiger partial charge is 0.394 e. The fourth-order valence-corrected chi connectivity index (χ4v) is 1.42. The van der Waals surface area contributed by atoms with Crippen LogP contribution in [0.2, 0.25) is 0 Å². The molecule has 0 aromatic carbocycles. The zero-order valence-corrected chi connectivity index (χ0v) is 9.72. The first-order valence-electron chi connectivity index (χ1n) is 4.52. The molecule has 9 heteroatoms. The molecule has 96 valence electrons. The second-order valence-corrected chi connectivity index (χ2v) is 4.37. The summed E-state index contributed by atoms with van der Waals surface area (Å²) in [7, 11) is -4.24. The van der Waals surface area contributed by atoms with Gasteiger partial charge in [0.1, 0.15) is 6.10 Å². The van der Waals surface area contributed by atoms with Crippen molar-refractivity contribution in [1.82, 2.24) is 5.32 Å². The zero-order valence-electron chi connectivity index (χ0n) is 8.83. The summed E-state index contributed by atoms with van der Waals surface area (Å²) in [4.78, 5) is 19.5. The molecule has 4 N–H and O–H groups in total. The van der Waals surface area contributed by atoms with Crippen molar-refractivity contribution in [2.75, 3.05) is 26.4 Å². The number of carbonyl (C=O) groups is 1. The van der Waals surface area contributed by atoms with Crippen LogP contribution in [0.3, 0.4) is 0 Å². The number of hydrogen-bond acceptors (Lipinski definition) is 6. The Labute approximate surface area is 92.8 Å². The van der Waals surface area contributed by atoms with E-state index in [1.54, 1.807) is 0 Å². The van der Waals surface area contributed by atoms with Crippen LogP contribution < -0.4 is 5.32 Å². The summed E-state index contributed by atoms with van der Waals surface area (Å²) < 4.78 is 19.9. The summed E-state index contributed by atoms with van der Waals surface area (Å²) in [5.41, 5.74) is 0. The normalized spacial score (nSPS) is 16.5. The highest BCUT2D eigenvalue weighted by molar-refractivity contribution is 7.47. The lowest BCUT2D eigenvalue weighted by atomic mass is 10.4. The van der Waals surface area contributed by atoms with Gasteiger partial charge >= 0.3 is 7.82 Å². The fourth-order valence-electron chi connectivity index (χ4n) is 0.658. The minimum absolute atomic E-state index is 0.0752. The van der Waals surface area contributed by atoms with Crippen LogP contribution in [-0.2, 0) is 18.4 Å². The van der Waals surface area contributed by atoms with Crippen LogP contribution in [0.5, 0.6) is 0 Å². The lowest BCUT2D eigenvalue weighted by Gasteiger charge is -2.13. The number of carbonyl (C=O) groups excluding carboxylic acids is 1. The number of aliphatic hydroxyl groups is 2. The molecule has 0 heterocycles. The summed E-state index contributed by atoms with van der Waals surface area (Å²) in [6, 6.07) is 0. The van der Waals surface area contributed by atoms with Crippen molar-refractivity contribution in [3.05, 3.63) is 0 Å². The van der Waals surface area contributed by atoms with Crippen LogP contribution in [-0.4, -0.2) is 53.5 Å². The third-order valence-corrected chi connectivity index (χ3v) is 2.36. The summed E-state index contributed by atoms with van der Waals surface area (Å²) in [6.07, 6.45) is -1.24. The predicted molar refractivity (Wildman–Crippen MR) is 53.5 cm³/mol. The second kappa shape index (κ2) is 7.72. The van der Waals surface area contributed by atoms with Crippen LogP contribution in [0.15, 0.2) is 0 Å². The average molecular weight is 257 g/mol. The minimum atomic E-state index is -4.24. The van der Waals surface area contributed by atoms with Crippen LogP contribution in [0.25, 0.3) is 0 Å². The molecule has 0 radical (unpaired) electrons. The van der Waals surface area contributed by atoms with E-state index < -0.39 is 27.1 Å². The van der Waals surface area contributed by atoms with Crippen molar-refractivity contribution >= 4 is 13.7 Å². The van der Waals surface area contributed by atoms with Gasteiger partial charge in [-0.2, -0.15) is 0 Å². The number of rotatable bonds is 8. The first-order chi connectivity index (χ1) is 7.37. The quantitative estimate of drug-likeness (QED) is 0.311. The van der Waals surface area contributed by atoms with E-state index in [4.69, 9.17) is 15.1 Å². The average Bonchev–Trinajstić information content (AvgIpc) is 2.21. The Bertz CT molecular complexity index is 259. The van der Waals surface area contributed by atoms with Crippen molar-refractivity contribution in [3.8, 4) is 0 Å². The Morgan fingerprint density at radius 1 is 1.50 bits per heavy atom. The molecule has 0 spiro atoms. The molecule has 0 aromatic rings. The number of phosphoric ester groups is 1. The molecular weight excluding hydrogens is 241 g/mol. The zero-order chi connectivity index (χ0) is 12.6. The summed E-state index contributed by atoms with van der Waals surface area (Å²) in [5, 5.41) is 19.6. The van der Waals surface area contributed by atoms with Crippen molar-refractivity contribution in [1.29, 1.82) is 0 Å². The number of phosphoric acid groups is 1. The highest BCUT2D eigenvalue weighted by Gasteiger charge is 2.22. The Morgan fingerprint density at radius 3 is 2.62 bits per heavy atom. The molecule has 0 fully saturated rings. The lowest BCUT2D eigenvalue weighted by Crippen LogP contribution is -2.24. The highest BCUT2D eigenvalue weighted by Crippen LogP contribution is 2.42. The number of nitrogens with one attached hydrogen (secondary N) is 1. The maximum Gasteiger partial charge on any atom is 0.472 e. The van der Waals surface area contributed by atoms with Gasteiger partial charge in [0.25, 0.3) is 0 Å². The number of aliphatic hydroxyl groups excluding tert-OH is 2. The van der Waals surface area contributed by atoms with Crippen LogP contribution in [0, 0.1) is 0 Å². The number of hydrogen-bond donors (Lipinski definition) is 4. The van der Waals surface area contributed by atoms with E-state index in [1.807, 2.05) is 0 Å². The van der Waals surface area contributed by atoms with Crippen LogP contribution in [0.4, 0.5) is 0 Å². The molecule has 0 saturated heterocycles. The third kappa shape index (κ3) is 8.78. The van der Waals surface area contributed by atoms with Gasteiger partial charge in [0.15, 0.2) is 0 Å². The second-order valence-electron chi connectivity index (χ2n) is 2.92. The molecule has 0 aliphatic carbocycles. The van der Waals surface area contributed by atoms with E-state index in [0.717, 1.165) is 0 Å².